The number of benzene rings is 1. The lowest BCUT2D eigenvalue weighted by molar-refractivity contribution is -0.137. The lowest BCUT2D eigenvalue weighted by Gasteiger charge is -2.38. The number of aryl methyl sites for hydroxylation is 1. The molecule has 34 heavy (non-hydrogen) atoms. The third-order valence-electron chi connectivity index (χ3n) is 7.63. The zero-order valence-electron chi connectivity index (χ0n) is 19.8. The van der Waals surface area contributed by atoms with E-state index >= 15 is 0 Å². The average Bonchev–Trinajstić information content (AvgIpc) is 3.48. The maximum absolute atomic E-state index is 13.8. The molecule has 1 aromatic carbocycles. The van der Waals surface area contributed by atoms with E-state index in [1.807, 2.05) is 10.6 Å². The molecule has 6 rings (SSSR count). The van der Waals surface area contributed by atoms with E-state index in [2.05, 4.69) is 52.5 Å². The molecule has 3 aromatic rings. The Kier molecular flexibility index (Phi) is 5.50. The van der Waals surface area contributed by atoms with E-state index in [1.54, 1.807) is 0 Å². The molecule has 3 aliphatic heterocycles. The summed E-state index contributed by atoms with van der Waals surface area (Å²) in [6, 6.07) is 10.3. The first-order valence-electron chi connectivity index (χ1n) is 12.6. The molecule has 3 N–H and O–H groups in total. The Labute approximate surface area is 200 Å². The summed E-state index contributed by atoms with van der Waals surface area (Å²) in [6.07, 6.45) is 7.07. The van der Waals surface area contributed by atoms with Gasteiger partial charge in [0.1, 0.15) is 11.9 Å². The molecule has 0 spiro atoms. The fourth-order valence-corrected chi connectivity index (χ4v) is 5.88. The number of amides is 1. The zero-order valence-corrected chi connectivity index (χ0v) is 19.8. The highest BCUT2D eigenvalue weighted by Gasteiger charge is 2.36. The summed E-state index contributed by atoms with van der Waals surface area (Å²) < 4.78 is 1.87. The van der Waals surface area contributed by atoms with Crippen molar-refractivity contribution in [2.75, 3.05) is 31.1 Å². The third-order valence-corrected chi connectivity index (χ3v) is 7.63. The van der Waals surface area contributed by atoms with Crippen molar-refractivity contribution in [3.05, 3.63) is 58.9 Å². The van der Waals surface area contributed by atoms with E-state index in [0.717, 1.165) is 86.6 Å². The SMILES string of the molecule is Cc1cn2nc([C@@H]3CCCCN3C(=O)C3NCCc4ccccc43)cc2nc1N1CC[C@H](N)C1. The van der Waals surface area contributed by atoms with Gasteiger partial charge >= 0.3 is 0 Å². The summed E-state index contributed by atoms with van der Waals surface area (Å²) in [5.41, 5.74) is 11.4. The van der Waals surface area contributed by atoms with Crippen LogP contribution in [0, 0.1) is 6.92 Å². The van der Waals surface area contributed by atoms with Crippen molar-refractivity contribution in [2.24, 2.45) is 5.73 Å². The van der Waals surface area contributed by atoms with Crippen LogP contribution in [-0.4, -0.2) is 57.6 Å². The number of likely N-dealkylation sites (tertiary alicyclic amines) is 1. The van der Waals surface area contributed by atoms with Gasteiger partial charge in [0.15, 0.2) is 5.65 Å². The summed E-state index contributed by atoms with van der Waals surface area (Å²) >= 11 is 0. The van der Waals surface area contributed by atoms with Gasteiger partial charge in [-0.3, -0.25) is 4.79 Å². The molecule has 0 bridgehead atoms. The van der Waals surface area contributed by atoms with Crippen molar-refractivity contribution in [3.63, 3.8) is 0 Å². The highest BCUT2D eigenvalue weighted by Crippen LogP contribution is 2.35. The van der Waals surface area contributed by atoms with Crippen molar-refractivity contribution in [1.29, 1.82) is 0 Å². The second-order valence-corrected chi connectivity index (χ2v) is 9.99. The predicted molar refractivity (Wildman–Crippen MR) is 132 cm³/mol. The first-order valence-corrected chi connectivity index (χ1v) is 12.6. The highest BCUT2D eigenvalue weighted by molar-refractivity contribution is 5.84. The molecule has 1 amide bonds. The molecule has 2 saturated heterocycles. The number of hydrogen-bond donors (Lipinski definition) is 2. The fourth-order valence-electron chi connectivity index (χ4n) is 5.88. The van der Waals surface area contributed by atoms with Crippen molar-refractivity contribution in [3.8, 4) is 0 Å². The number of piperidine rings is 1. The Balaban J connectivity index is 1.31. The molecule has 3 atom stereocenters. The van der Waals surface area contributed by atoms with Gasteiger partial charge in [0.2, 0.25) is 5.91 Å². The number of nitrogens with one attached hydrogen (secondary N) is 1. The van der Waals surface area contributed by atoms with Gasteiger partial charge in [-0.05, 0) is 50.2 Å². The Morgan fingerprint density at radius 2 is 2.06 bits per heavy atom. The third kappa shape index (κ3) is 3.75. The molecule has 5 heterocycles. The Bertz CT molecular complexity index is 1220. The molecule has 2 aromatic heterocycles. The summed E-state index contributed by atoms with van der Waals surface area (Å²) in [6.45, 7) is 5.45. The van der Waals surface area contributed by atoms with Crippen LogP contribution in [-0.2, 0) is 11.2 Å². The summed E-state index contributed by atoms with van der Waals surface area (Å²) in [4.78, 5) is 23.1. The van der Waals surface area contributed by atoms with Crippen molar-refractivity contribution >= 4 is 17.4 Å². The number of nitrogens with zero attached hydrogens (tertiary/aromatic N) is 5. The summed E-state index contributed by atoms with van der Waals surface area (Å²) in [5, 5.41) is 8.37. The zero-order chi connectivity index (χ0) is 23.2. The van der Waals surface area contributed by atoms with Gasteiger partial charge in [-0.15, -0.1) is 0 Å². The molecule has 8 heteroatoms. The molecule has 178 valence electrons. The molecule has 8 nitrogen and oxygen atoms in total. The van der Waals surface area contributed by atoms with Crippen molar-refractivity contribution < 1.29 is 4.79 Å². The van der Waals surface area contributed by atoms with Crippen molar-refractivity contribution in [1.82, 2.24) is 24.8 Å². The minimum absolute atomic E-state index is 0.0252. The molecular weight excluding hydrogens is 426 g/mol. The molecule has 0 aliphatic carbocycles. The van der Waals surface area contributed by atoms with E-state index in [-0.39, 0.29) is 24.0 Å². The quantitative estimate of drug-likeness (QED) is 0.625. The van der Waals surface area contributed by atoms with Gasteiger partial charge in [0, 0.05) is 50.0 Å². The molecule has 1 unspecified atom stereocenters. The number of rotatable bonds is 3. The van der Waals surface area contributed by atoms with Crippen LogP contribution in [0.15, 0.2) is 36.5 Å². The lowest BCUT2D eigenvalue weighted by atomic mass is 9.91. The molecule has 2 fully saturated rings. The molecule has 3 aliphatic rings. The number of aromatic nitrogens is 3. The van der Waals surface area contributed by atoms with Crippen LogP contribution in [0.1, 0.15) is 60.2 Å². The van der Waals surface area contributed by atoms with Gasteiger partial charge in [0.05, 0.1) is 11.7 Å². The molecular formula is C26H33N7O. The van der Waals surface area contributed by atoms with Crippen LogP contribution in [0.4, 0.5) is 5.82 Å². The number of carbonyl (C=O) groups excluding carboxylic acids is 1. The minimum Gasteiger partial charge on any atom is -0.355 e. The average molecular weight is 460 g/mol. The Morgan fingerprint density at radius 1 is 1.18 bits per heavy atom. The van der Waals surface area contributed by atoms with E-state index in [4.69, 9.17) is 15.8 Å². The van der Waals surface area contributed by atoms with Gasteiger partial charge in [-0.25, -0.2) is 9.50 Å². The number of carbonyl (C=O) groups is 1. The number of anilines is 1. The van der Waals surface area contributed by atoms with Gasteiger partial charge < -0.3 is 20.9 Å². The smallest absolute Gasteiger partial charge is 0.244 e. The number of nitrogens with two attached hydrogens (primary N) is 1. The van der Waals surface area contributed by atoms with E-state index in [9.17, 15) is 4.79 Å². The number of fused-ring (bicyclic) bond motifs is 2. The Hall–Kier alpha value is -2.97. The predicted octanol–water partition coefficient (Wildman–Crippen LogP) is 2.52. The van der Waals surface area contributed by atoms with Gasteiger partial charge in [0.25, 0.3) is 0 Å². The fraction of sp³-hybridized carbons (Fsp3) is 0.500. The normalized spacial score (nSPS) is 25.1. The standard InChI is InChI=1S/C26H33N7O/c1-17-15-33-23(29-25(17)31-13-10-19(27)16-31)14-21(30-33)22-8-4-5-12-32(22)26(34)24-20-7-3-2-6-18(20)9-11-28-24/h2-3,6-7,14-15,19,22,24,28H,4-5,8-13,16,27H2,1H3/t19-,22-,24?/m0/s1. The Morgan fingerprint density at radius 3 is 2.91 bits per heavy atom. The topological polar surface area (TPSA) is 91.8 Å². The van der Waals surface area contributed by atoms with Crippen molar-refractivity contribution in [2.45, 2.75) is 57.2 Å². The van der Waals surface area contributed by atoms with E-state index < -0.39 is 0 Å². The molecule has 0 saturated carbocycles. The first kappa shape index (κ1) is 21.6. The largest absolute Gasteiger partial charge is 0.355 e. The second kappa shape index (κ2) is 8.67. The van der Waals surface area contributed by atoms with Crippen LogP contribution < -0.4 is 16.0 Å². The summed E-state index contributed by atoms with van der Waals surface area (Å²) in [7, 11) is 0. The van der Waals surface area contributed by atoms with Crippen LogP contribution in [0.5, 0.6) is 0 Å². The number of hydrogen-bond acceptors (Lipinski definition) is 6. The summed E-state index contributed by atoms with van der Waals surface area (Å²) in [5.74, 6) is 1.15. The van der Waals surface area contributed by atoms with E-state index in [1.165, 1.54) is 5.56 Å². The minimum atomic E-state index is -0.283. The highest BCUT2D eigenvalue weighted by atomic mass is 16.2. The van der Waals surface area contributed by atoms with Crippen LogP contribution in [0.3, 0.4) is 0 Å². The monoisotopic (exact) mass is 459 g/mol. The van der Waals surface area contributed by atoms with Gasteiger partial charge in [-0.2, -0.15) is 5.10 Å². The second-order valence-electron chi connectivity index (χ2n) is 9.99. The van der Waals surface area contributed by atoms with Crippen LogP contribution >= 0.6 is 0 Å². The lowest BCUT2D eigenvalue weighted by Crippen LogP contribution is -2.47. The molecule has 0 radical (unpaired) electrons. The van der Waals surface area contributed by atoms with E-state index in [0.29, 0.717) is 0 Å². The van der Waals surface area contributed by atoms with Gasteiger partial charge in [-0.1, -0.05) is 24.3 Å². The maximum Gasteiger partial charge on any atom is 0.244 e. The maximum atomic E-state index is 13.8. The van der Waals surface area contributed by atoms with Crippen LogP contribution in [0.25, 0.3) is 5.65 Å². The first-order chi connectivity index (χ1) is 16.6. The van der Waals surface area contributed by atoms with Crippen LogP contribution in [0.2, 0.25) is 0 Å².